The van der Waals surface area contributed by atoms with Crippen molar-refractivity contribution < 1.29 is 4.74 Å². The molecule has 76 valence electrons. The molecule has 0 amide bonds. The number of hydrogen-bond donors (Lipinski definition) is 0. The smallest absolute Gasteiger partial charge is 0.0468 e. The van der Waals surface area contributed by atoms with E-state index in [1.165, 1.54) is 24.8 Å². The second kappa shape index (κ2) is 4.94. The van der Waals surface area contributed by atoms with Crippen molar-refractivity contribution in [3.8, 4) is 0 Å². The summed E-state index contributed by atoms with van der Waals surface area (Å²) in [6.45, 7) is 1.89. The zero-order chi connectivity index (χ0) is 9.80. The van der Waals surface area contributed by atoms with E-state index in [-0.39, 0.29) is 0 Å². The van der Waals surface area contributed by atoms with Crippen LogP contribution in [0, 0.1) is 5.92 Å². The molecule has 0 saturated carbocycles. The first-order chi connectivity index (χ1) is 6.84. The third-order valence-corrected chi connectivity index (χ3v) is 3.31. The van der Waals surface area contributed by atoms with Gasteiger partial charge in [0.2, 0.25) is 0 Å². The molecule has 14 heavy (non-hydrogen) atoms. The first kappa shape index (κ1) is 10.2. The lowest BCUT2D eigenvalue weighted by Gasteiger charge is -2.21. The molecule has 1 aromatic carbocycles. The maximum Gasteiger partial charge on any atom is 0.0468 e. The molecular formula is C12H15BrO. The second-order valence-electron chi connectivity index (χ2n) is 3.89. The van der Waals surface area contributed by atoms with E-state index < -0.39 is 0 Å². The number of ether oxygens (including phenoxy) is 1. The van der Waals surface area contributed by atoms with Crippen molar-refractivity contribution in [1.29, 1.82) is 0 Å². The van der Waals surface area contributed by atoms with Crippen LogP contribution in [0.1, 0.15) is 18.4 Å². The molecule has 1 saturated heterocycles. The van der Waals surface area contributed by atoms with Crippen molar-refractivity contribution >= 4 is 15.9 Å². The van der Waals surface area contributed by atoms with Crippen LogP contribution >= 0.6 is 15.9 Å². The van der Waals surface area contributed by atoms with Crippen LogP contribution in [-0.4, -0.2) is 13.2 Å². The molecule has 0 radical (unpaired) electrons. The van der Waals surface area contributed by atoms with Crippen molar-refractivity contribution in [3.63, 3.8) is 0 Å². The molecule has 0 N–H and O–H groups in total. The lowest BCUT2D eigenvalue weighted by atomic mass is 9.92. The van der Waals surface area contributed by atoms with E-state index in [1.54, 1.807) is 0 Å². The minimum Gasteiger partial charge on any atom is -0.381 e. The Kier molecular flexibility index (Phi) is 3.60. The standard InChI is InChI=1S/C12H15BrO/c13-12-3-1-10(2-4-12)9-11-5-7-14-8-6-11/h1-4,11H,5-9H2. The molecule has 1 aliphatic heterocycles. The quantitative estimate of drug-likeness (QED) is 0.786. The summed E-state index contributed by atoms with van der Waals surface area (Å²) in [6, 6.07) is 8.66. The minimum atomic E-state index is 0.824. The van der Waals surface area contributed by atoms with Crippen LogP contribution < -0.4 is 0 Å². The van der Waals surface area contributed by atoms with Crippen molar-refractivity contribution in [2.75, 3.05) is 13.2 Å². The molecule has 1 aliphatic rings. The topological polar surface area (TPSA) is 9.23 Å². The fraction of sp³-hybridized carbons (Fsp3) is 0.500. The van der Waals surface area contributed by atoms with Gasteiger partial charge in [0.25, 0.3) is 0 Å². The molecule has 0 bridgehead atoms. The Bertz CT molecular complexity index is 275. The molecule has 1 aromatic rings. The molecule has 0 spiro atoms. The van der Waals surface area contributed by atoms with Crippen LogP contribution in [0.3, 0.4) is 0 Å². The summed E-state index contributed by atoms with van der Waals surface area (Å²) in [7, 11) is 0. The summed E-state index contributed by atoms with van der Waals surface area (Å²) in [5, 5.41) is 0. The van der Waals surface area contributed by atoms with Crippen LogP contribution in [0.4, 0.5) is 0 Å². The third kappa shape index (κ3) is 2.82. The van der Waals surface area contributed by atoms with E-state index in [0.717, 1.165) is 23.6 Å². The van der Waals surface area contributed by atoms with Crippen LogP contribution in [0.25, 0.3) is 0 Å². The lowest BCUT2D eigenvalue weighted by Crippen LogP contribution is -2.17. The van der Waals surface area contributed by atoms with Crippen molar-refractivity contribution in [2.45, 2.75) is 19.3 Å². The summed E-state index contributed by atoms with van der Waals surface area (Å²) >= 11 is 3.45. The van der Waals surface area contributed by atoms with Crippen LogP contribution in [0.2, 0.25) is 0 Å². The summed E-state index contributed by atoms with van der Waals surface area (Å²) in [4.78, 5) is 0. The monoisotopic (exact) mass is 254 g/mol. The summed E-state index contributed by atoms with van der Waals surface area (Å²) < 4.78 is 6.51. The van der Waals surface area contributed by atoms with E-state index in [9.17, 15) is 0 Å². The molecule has 1 heterocycles. The highest BCUT2D eigenvalue weighted by Crippen LogP contribution is 2.21. The van der Waals surface area contributed by atoms with Crippen LogP contribution in [-0.2, 0) is 11.2 Å². The predicted octanol–water partition coefficient (Wildman–Crippen LogP) is 3.42. The van der Waals surface area contributed by atoms with Gasteiger partial charge in [0.15, 0.2) is 0 Å². The fourth-order valence-corrected chi connectivity index (χ4v) is 2.17. The molecule has 2 heteroatoms. The highest BCUT2D eigenvalue weighted by molar-refractivity contribution is 9.10. The Balaban J connectivity index is 1.92. The number of benzene rings is 1. The summed E-state index contributed by atoms with van der Waals surface area (Å²) in [6.07, 6.45) is 3.64. The van der Waals surface area contributed by atoms with Gasteiger partial charge < -0.3 is 4.74 Å². The minimum absolute atomic E-state index is 0.824. The molecule has 0 atom stereocenters. The van der Waals surface area contributed by atoms with Gasteiger partial charge in [-0.1, -0.05) is 28.1 Å². The van der Waals surface area contributed by atoms with Crippen LogP contribution in [0.5, 0.6) is 0 Å². The van der Waals surface area contributed by atoms with E-state index in [0.29, 0.717) is 0 Å². The van der Waals surface area contributed by atoms with Crippen LogP contribution in [0.15, 0.2) is 28.7 Å². The van der Waals surface area contributed by atoms with Gasteiger partial charge in [-0.25, -0.2) is 0 Å². The molecule has 0 aliphatic carbocycles. The fourth-order valence-electron chi connectivity index (χ4n) is 1.90. The Morgan fingerprint density at radius 2 is 1.79 bits per heavy atom. The normalized spacial score (nSPS) is 18.4. The van der Waals surface area contributed by atoms with Gasteiger partial charge in [-0.05, 0) is 42.9 Å². The van der Waals surface area contributed by atoms with E-state index in [2.05, 4.69) is 40.2 Å². The van der Waals surface area contributed by atoms with E-state index in [1.807, 2.05) is 0 Å². The third-order valence-electron chi connectivity index (χ3n) is 2.78. The Labute approximate surface area is 93.6 Å². The van der Waals surface area contributed by atoms with Gasteiger partial charge in [-0.2, -0.15) is 0 Å². The highest BCUT2D eigenvalue weighted by Gasteiger charge is 2.13. The van der Waals surface area contributed by atoms with Gasteiger partial charge in [0.1, 0.15) is 0 Å². The van der Waals surface area contributed by atoms with Gasteiger partial charge in [-0.15, -0.1) is 0 Å². The molecule has 1 fully saturated rings. The van der Waals surface area contributed by atoms with E-state index in [4.69, 9.17) is 4.74 Å². The number of halogens is 1. The molecule has 2 rings (SSSR count). The zero-order valence-electron chi connectivity index (χ0n) is 8.21. The van der Waals surface area contributed by atoms with Gasteiger partial charge in [0, 0.05) is 17.7 Å². The van der Waals surface area contributed by atoms with E-state index >= 15 is 0 Å². The van der Waals surface area contributed by atoms with Crippen molar-refractivity contribution in [1.82, 2.24) is 0 Å². The second-order valence-corrected chi connectivity index (χ2v) is 4.80. The van der Waals surface area contributed by atoms with Gasteiger partial charge in [-0.3, -0.25) is 0 Å². The zero-order valence-corrected chi connectivity index (χ0v) is 9.79. The Morgan fingerprint density at radius 3 is 2.43 bits per heavy atom. The Morgan fingerprint density at radius 1 is 1.14 bits per heavy atom. The average molecular weight is 255 g/mol. The first-order valence-corrected chi connectivity index (χ1v) is 5.96. The van der Waals surface area contributed by atoms with Crippen molar-refractivity contribution in [2.24, 2.45) is 5.92 Å². The molecule has 1 nitrogen and oxygen atoms in total. The molecule has 0 aromatic heterocycles. The number of hydrogen-bond acceptors (Lipinski definition) is 1. The van der Waals surface area contributed by atoms with Gasteiger partial charge in [0.05, 0.1) is 0 Å². The summed E-state index contributed by atoms with van der Waals surface area (Å²) in [5.74, 6) is 0.824. The highest BCUT2D eigenvalue weighted by atomic mass is 79.9. The average Bonchev–Trinajstić information content (AvgIpc) is 2.23. The molecule has 0 unspecified atom stereocenters. The number of rotatable bonds is 2. The summed E-state index contributed by atoms with van der Waals surface area (Å²) in [5.41, 5.74) is 1.44. The predicted molar refractivity (Wildman–Crippen MR) is 61.4 cm³/mol. The lowest BCUT2D eigenvalue weighted by molar-refractivity contribution is 0.0665. The SMILES string of the molecule is Brc1ccc(CC2CCOCC2)cc1. The van der Waals surface area contributed by atoms with Gasteiger partial charge >= 0.3 is 0 Å². The first-order valence-electron chi connectivity index (χ1n) is 5.17. The maximum absolute atomic E-state index is 5.35. The molecular weight excluding hydrogens is 240 g/mol. The largest absolute Gasteiger partial charge is 0.381 e. The Hall–Kier alpha value is -0.340. The van der Waals surface area contributed by atoms with Crippen molar-refractivity contribution in [3.05, 3.63) is 34.3 Å². The maximum atomic E-state index is 5.35.